The monoisotopic (exact) mass is 1080 g/mol. The third kappa shape index (κ3) is 10.8. The first kappa shape index (κ1) is 57.6. The van der Waals surface area contributed by atoms with Gasteiger partial charge in [0, 0.05) is 37.6 Å². The molecule has 0 aromatic heterocycles. The van der Waals surface area contributed by atoms with Gasteiger partial charge in [0.15, 0.2) is 17.5 Å². The third-order valence-electron chi connectivity index (χ3n) is 16.9. The minimum Gasteiger partial charge on any atom is -0.460 e. The summed E-state index contributed by atoms with van der Waals surface area (Å²) >= 11 is 0. The van der Waals surface area contributed by atoms with E-state index >= 15 is 4.79 Å². The highest BCUT2D eigenvalue weighted by Crippen LogP contribution is 2.64. The number of rotatable bonds is 17. The predicted octanol–water partition coefficient (Wildman–Crippen LogP) is 3.27. The smallest absolute Gasteiger partial charge is 0.338 e. The minimum atomic E-state index is -2.21. The number of benzene rings is 3. The van der Waals surface area contributed by atoms with Gasteiger partial charge in [-0.05, 0) is 60.4 Å². The summed E-state index contributed by atoms with van der Waals surface area (Å²) < 4.78 is 30.3. The van der Waals surface area contributed by atoms with Gasteiger partial charge in [0.25, 0.3) is 0 Å². The second-order valence-corrected chi connectivity index (χ2v) is 22.3. The molecule has 13 atom stereocenters. The quantitative estimate of drug-likeness (QED) is 0.0580. The fraction of sp³-hybridized carbons (Fsp3) is 0.534. The van der Waals surface area contributed by atoms with Gasteiger partial charge < -0.3 is 65.0 Å². The number of carbonyl (C=O) groups excluding carboxylic acids is 7. The molecule has 2 aliphatic heterocycles. The zero-order chi connectivity index (χ0) is 56.5. The van der Waals surface area contributed by atoms with Crippen LogP contribution in [0.1, 0.15) is 96.9 Å². The van der Waals surface area contributed by atoms with Crippen molar-refractivity contribution in [1.82, 2.24) is 20.9 Å². The van der Waals surface area contributed by atoms with Crippen molar-refractivity contribution in [3.63, 3.8) is 0 Å². The van der Waals surface area contributed by atoms with E-state index in [0.717, 1.165) is 5.56 Å². The number of likely N-dealkylation sites (tertiary alicyclic amines) is 1. The van der Waals surface area contributed by atoms with Crippen LogP contribution in [-0.2, 0) is 65.7 Å². The summed E-state index contributed by atoms with van der Waals surface area (Å²) in [5.41, 5.74) is -5.43. The standard InChI is InChI=1S/C58H72N4O16/c1-32(2)44(52(70)62-25-17-24-38(62)51(69)59-28-42(65)74-29-35-18-11-8-12-19-35)60-54(72)61-45(37-22-15-10-16-23-37)47(67)53(71)77-39-27-58(73)50(75-30-36-20-13-9-14-21-36)48-56(7,49(68)46(66)43(33(39)3)55(58,5)6)40(64)26-41-57(48,31-76-41)78-34(4)63/h8-16,18-23,32,38-41,44-48,50,64,66-67,73H,17,24-31H2,1-7H3,(H,59,69)(H2,60,61,72)/t38-,39-,40-,41?,44-,45-,46+,47+,48?,50-,56+,57-,58+/m0/s1. The van der Waals surface area contributed by atoms with E-state index in [4.69, 9.17) is 23.7 Å². The van der Waals surface area contributed by atoms with Gasteiger partial charge >= 0.3 is 23.9 Å². The number of ketones is 1. The van der Waals surface area contributed by atoms with Gasteiger partial charge in [-0.3, -0.25) is 24.0 Å². The van der Waals surface area contributed by atoms with E-state index < -0.39 is 143 Å². The molecule has 2 heterocycles. The van der Waals surface area contributed by atoms with E-state index in [9.17, 15) is 49.2 Å². The van der Waals surface area contributed by atoms with Gasteiger partial charge in [0.1, 0.15) is 49.1 Å². The summed E-state index contributed by atoms with van der Waals surface area (Å²) in [4.78, 5) is 98.4. The first-order valence-electron chi connectivity index (χ1n) is 26.5. The molecular weight excluding hydrogens is 1010 g/mol. The number of amides is 4. The number of urea groups is 1. The fourth-order valence-electron chi connectivity index (χ4n) is 12.6. The van der Waals surface area contributed by atoms with Gasteiger partial charge in [-0.1, -0.05) is 119 Å². The SMILES string of the molecule is CC(=O)O[C@@]12COC1C[C@H](O)[C@@]1(C)C(=O)[C@H](O)C3=C(C)[C@@H](OC(=O)[C@H](O)[C@@H](NC(=O)N[C@H](C(=O)N4CCC[C@H]4C(=O)NCC(=O)OCc4ccccc4)C(C)C)c4ccccc4)C[C@@](O)([C@@H](OCc4ccccc4)C21)C3(C)C. The number of nitrogens with one attached hydrogen (secondary N) is 3. The van der Waals surface area contributed by atoms with Crippen LogP contribution in [0.25, 0.3) is 0 Å². The largest absolute Gasteiger partial charge is 0.460 e. The highest BCUT2D eigenvalue weighted by atomic mass is 16.6. The van der Waals surface area contributed by atoms with Crippen molar-refractivity contribution in [3.8, 4) is 0 Å². The van der Waals surface area contributed by atoms with Crippen molar-refractivity contribution in [1.29, 1.82) is 0 Å². The number of aliphatic hydroxyl groups is 4. The van der Waals surface area contributed by atoms with Crippen LogP contribution in [-0.4, -0.2) is 146 Å². The number of carbonyl (C=O) groups is 7. The van der Waals surface area contributed by atoms with Crippen molar-refractivity contribution < 1.29 is 77.7 Å². The van der Waals surface area contributed by atoms with Gasteiger partial charge in [-0.25, -0.2) is 9.59 Å². The van der Waals surface area contributed by atoms with E-state index in [2.05, 4.69) is 16.0 Å². The molecule has 5 aliphatic rings. The Hall–Kier alpha value is -6.55. The molecule has 3 aromatic carbocycles. The summed E-state index contributed by atoms with van der Waals surface area (Å²) in [6.07, 6.45) is -9.32. The van der Waals surface area contributed by atoms with E-state index in [-0.39, 0.29) is 49.5 Å². The number of Topliss-reactive ketones (excluding diaryl/α,β-unsaturated/α-hetero) is 1. The summed E-state index contributed by atoms with van der Waals surface area (Å²) in [5, 5.41) is 58.1. The van der Waals surface area contributed by atoms with Crippen molar-refractivity contribution in [2.45, 2.75) is 153 Å². The molecule has 420 valence electrons. The normalized spacial score (nSPS) is 30.2. The van der Waals surface area contributed by atoms with Crippen LogP contribution < -0.4 is 16.0 Å². The minimum absolute atomic E-state index is 0.0113. The molecule has 20 nitrogen and oxygen atoms in total. The van der Waals surface area contributed by atoms with Crippen LogP contribution >= 0.6 is 0 Å². The number of hydrogen-bond donors (Lipinski definition) is 7. The molecule has 78 heavy (non-hydrogen) atoms. The second-order valence-electron chi connectivity index (χ2n) is 22.3. The number of hydrogen-bond acceptors (Lipinski definition) is 16. The Bertz CT molecular complexity index is 2760. The zero-order valence-corrected chi connectivity index (χ0v) is 45.0. The number of aliphatic hydroxyl groups excluding tert-OH is 3. The first-order valence-corrected chi connectivity index (χ1v) is 26.5. The van der Waals surface area contributed by atoms with Crippen LogP contribution in [0, 0.1) is 22.7 Å². The summed E-state index contributed by atoms with van der Waals surface area (Å²) in [6, 6.07) is 21.4. The maximum Gasteiger partial charge on any atom is 0.338 e. The molecule has 2 unspecified atom stereocenters. The van der Waals surface area contributed by atoms with E-state index in [0.29, 0.717) is 18.4 Å². The molecule has 8 rings (SSSR count). The Morgan fingerprint density at radius 1 is 0.872 bits per heavy atom. The van der Waals surface area contributed by atoms with Crippen LogP contribution in [0.15, 0.2) is 102 Å². The lowest BCUT2D eigenvalue weighted by Gasteiger charge is -2.67. The van der Waals surface area contributed by atoms with Gasteiger partial charge in [0.05, 0.1) is 36.9 Å². The van der Waals surface area contributed by atoms with E-state index in [1.165, 1.54) is 25.7 Å². The number of nitrogens with zero attached hydrogens (tertiary/aromatic N) is 1. The highest BCUT2D eigenvalue weighted by molar-refractivity contribution is 5.94. The lowest BCUT2D eigenvalue weighted by atomic mass is 9.44. The predicted molar refractivity (Wildman–Crippen MR) is 278 cm³/mol. The van der Waals surface area contributed by atoms with Crippen LogP contribution in [0.4, 0.5) is 4.79 Å². The Kier molecular flexibility index (Phi) is 17.0. The van der Waals surface area contributed by atoms with Crippen LogP contribution in [0.5, 0.6) is 0 Å². The van der Waals surface area contributed by atoms with Gasteiger partial charge in [-0.2, -0.15) is 0 Å². The maximum atomic E-state index is 15.2. The van der Waals surface area contributed by atoms with Crippen molar-refractivity contribution in [3.05, 3.63) is 119 Å². The summed E-state index contributed by atoms with van der Waals surface area (Å²) in [6.45, 7) is 10.3. The molecular formula is C58H72N4O16. The number of ether oxygens (including phenoxy) is 5. The third-order valence-corrected chi connectivity index (χ3v) is 16.9. The molecule has 4 fully saturated rings. The summed E-state index contributed by atoms with van der Waals surface area (Å²) in [5.74, 6) is -6.53. The maximum absolute atomic E-state index is 15.2. The molecule has 2 saturated carbocycles. The molecule has 4 amide bonds. The summed E-state index contributed by atoms with van der Waals surface area (Å²) in [7, 11) is 0. The van der Waals surface area contributed by atoms with Crippen molar-refractivity contribution in [2.24, 2.45) is 22.7 Å². The average molecular weight is 1080 g/mol. The Balaban J connectivity index is 1.04. The topological polar surface area (TPSA) is 286 Å². The van der Waals surface area contributed by atoms with Crippen LogP contribution in [0.2, 0.25) is 0 Å². The molecule has 7 N–H and O–H groups in total. The molecule has 0 radical (unpaired) electrons. The molecule has 3 aromatic rings. The Morgan fingerprint density at radius 3 is 2.08 bits per heavy atom. The molecule has 2 saturated heterocycles. The lowest BCUT2D eigenvalue weighted by Crippen LogP contribution is -2.81. The van der Waals surface area contributed by atoms with Crippen molar-refractivity contribution in [2.75, 3.05) is 19.7 Å². The van der Waals surface area contributed by atoms with E-state index in [1.54, 1.807) is 107 Å². The molecule has 2 bridgehead atoms. The second kappa shape index (κ2) is 23.0. The van der Waals surface area contributed by atoms with Gasteiger partial charge in [0.2, 0.25) is 11.8 Å². The average Bonchev–Trinajstić information content (AvgIpc) is 3.85. The number of fused-ring (bicyclic) bond motifs is 5. The fourth-order valence-corrected chi connectivity index (χ4v) is 12.6. The van der Waals surface area contributed by atoms with Crippen LogP contribution in [0.3, 0.4) is 0 Å². The zero-order valence-electron chi connectivity index (χ0n) is 45.0. The van der Waals surface area contributed by atoms with Gasteiger partial charge in [-0.15, -0.1) is 0 Å². The molecule has 0 spiro atoms. The highest BCUT2D eigenvalue weighted by Gasteiger charge is 2.77. The lowest BCUT2D eigenvalue weighted by molar-refractivity contribution is -0.351. The number of esters is 3. The Morgan fingerprint density at radius 2 is 1.49 bits per heavy atom. The Labute approximate surface area is 453 Å². The van der Waals surface area contributed by atoms with E-state index in [1.807, 2.05) is 12.1 Å². The first-order chi connectivity index (χ1) is 37.0. The molecule has 20 heteroatoms. The van der Waals surface area contributed by atoms with Crippen molar-refractivity contribution >= 4 is 41.5 Å². The molecule has 3 aliphatic carbocycles.